The number of carbonyl (C=O) groups excluding carboxylic acids is 1. The smallest absolute Gasteiger partial charge is 0.264 e. The van der Waals surface area contributed by atoms with Gasteiger partial charge in [0, 0.05) is 46.7 Å². The molecule has 2 aliphatic rings. The number of fused-ring (bicyclic) bond motifs is 2. The Labute approximate surface area is 239 Å². The second-order valence-electron chi connectivity index (χ2n) is 10.8. The minimum absolute atomic E-state index is 0.0215. The van der Waals surface area contributed by atoms with Crippen LogP contribution >= 0.6 is 22.6 Å². The maximum absolute atomic E-state index is 11.9. The summed E-state index contributed by atoms with van der Waals surface area (Å²) in [5, 5.41) is 2.96. The van der Waals surface area contributed by atoms with Crippen molar-refractivity contribution < 1.29 is 22.3 Å². The number of rotatable bonds is 8. The topological polar surface area (TPSA) is 89.7 Å². The summed E-state index contributed by atoms with van der Waals surface area (Å²) in [7, 11) is -1.96. The predicted octanol–water partition coefficient (Wildman–Crippen LogP) is 5.58. The van der Waals surface area contributed by atoms with Crippen LogP contribution in [0.5, 0.6) is 0 Å². The molecule has 2 aromatic rings. The third-order valence-corrected chi connectivity index (χ3v) is 9.03. The number of amides is 1. The van der Waals surface area contributed by atoms with Gasteiger partial charge in [0.25, 0.3) is 10.1 Å². The average Bonchev–Trinajstić information content (AvgIpc) is 3.17. The van der Waals surface area contributed by atoms with E-state index >= 15 is 0 Å². The third kappa shape index (κ3) is 5.46. The number of benzene rings is 2. The van der Waals surface area contributed by atoms with Crippen LogP contribution in [0.15, 0.2) is 66.4 Å². The maximum Gasteiger partial charge on any atom is 0.264 e. The lowest BCUT2D eigenvalue weighted by Crippen LogP contribution is -2.28. The molecule has 1 amide bonds. The van der Waals surface area contributed by atoms with Crippen molar-refractivity contribution in [3.05, 3.63) is 77.5 Å². The van der Waals surface area contributed by atoms with E-state index in [2.05, 4.69) is 109 Å². The van der Waals surface area contributed by atoms with Gasteiger partial charge in [-0.1, -0.05) is 60.7 Å². The molecule has 9 heteroatoms. The van der Waals surface area contributed by atoms with E-state index in [0.717, 1.165) is 34.0 Å². The van der Waals surface area contributed by atoms with Gasteiger partial charge in [-0.25, -0.2) is 0 Å². The summed E-state index contributed by atoms with van der Waals surface area (Å²) in [6, 6.07) is 14.2. The highest BCUT2D eigenvalue weighted by atomic mass is 127. The highest BCUT2D eigenvalue weighted by Gasteiger charge is 2.43. The second kappa shape index (κ2) is 10.6. The van der Waals surface area contributed by atoms with Crippen molar-refractivity contribution in [1.82, 2.24) is 0 Å². The molecule has 0 fully saturated rings. The van der Waals surface area contributed by atoms with Crippen LogP contribution in [0.1, 0.15) is 45.2 Å². The summed E-state index contributed by atoms with van der Waals surface area (Å²) < 4.78 is 34.5. The largest absolute Gasteiger partial charge is 0.344 e. The Balaban J connectivity index is 1.65. The number of halogens is 1. The van der Waals surface area contributed by atoms with Crippen molar-refractivity contribution in [3.8, 4) is 0 Å². The van der Waals surface area contributed by atoms with Crippen molar-refractivity contribution in [1.29, 1.82) is 0 Å². The van der Waals surface area contributed by atoms with Gasteiger partial charge in [0.1, 0.15) is 7.05 Å². The van der Waals surface area contributed by atoms with Gasteiger partial charge in [0.2, 0.25) is 11.6 Å². The molecule has 7 nitrogen and oxygen atoms in total. The quantitative estimate of drug-likeness (QED) is 0.169. The van der Waals surface area contributed by atoms with E-state index in [1.165, 1.54) is 5.56 Å². The molecule has 0 unspecified atom stereocenters. The number of nitrogens with one attached hydrogen (secondary N) is 1. The molecule has 2 aliphatic heterocycles. The first-order valence-corrected chi connectivity index (χ1v) is 15.7. The lowest BCUT2D eigenvalue weighted by atomic mass is 9.81. The Hall–Kier alpha value is -2.50. The van der Waals surface area contributed by atoms with Gasteiger partial charge in [0.05, 0.1) is 15.6 Å². The first-order valence-electron chi connectivity index (χ1n) is 12.6. The zero-order valence-electron chi connectivity index (χ0n) is 22.5. The van der Waals surface area contributed by atoms with Gasteiger partial charge in [-0.05, 0) is 50.1 Å². The van der Waals surface area contributed by atoms with E-state index < -0.39 is 10.1 Å². The molecule has 38 heavy (non-hydrogen) atoms. The second-order valence-corrected chi connectivity index (χ2v) is 13.2. The maximum atomic E-state index is 11.9. The lowest BCUT2D eigenvalue weighted by Gasteiger charge is -2.27. The summed E-state index contributed by atoms with van der Waals surface area (Å²) in [5.41, 5.74) is 6.97. The van der Waals surface area contributed by atoms with Crippen LogP contribution in [0.2, 0.25) is 0 Å². The van der Waals surface area contributed by atoms with Crippen molar-refractivity contribution in [2.24, 2.45) is 0 Å². The first-order chi connectivity index (χ1) is 17.8. The average molecular weight is 649 g/mol. The SMILES string of the molecule is C[N+]1=C(/C=C/C=C2\N(CCCS(=O)(=O)O)c3ccccc3C2(C)C)C(C)(C)c2cc(NC(=O)CI)ccc21. The number of hydrogen-bond donors (Lipinski definition) is 2. The van der Waals surface area contributed by atoms with Gasteiger partial charge in [-0.15, -0.1) is 0 Å². The lowest BCUT2D eigenvalue weighted by molar-refractivity contribution is -0.401. The van der Waals surface area contributed by atoms with E-state index in [0.29, 0.717) is 17.4 Å². The highest BCUT2D eigenvalue weighted by molar-refractivity contribution is 14.1. The zero-order chi connectivity index (χ0) is 27.9. The van der Waals surface area contributed by atoms with Gasteiger partial charge in [-0.2, -0.15) is 13.0 Å². The molecule has 2 heterocycles. The standard InChI is InChI=1S/C29H34IN3O4S/c1-28(2)21-10-6-7-11-24(21)33(16-9-17-38(35,36)37)26(28)13-8-12-25-29(3,4)22-18-20(31-27(34)19-30)14-15-23(22)32(25)5/h6-8,10-15,18H,9,16-17,19H2,1-5H3,(H-,31,34,35,36,37)/p+1. The first kappa shape index (κ1) is 28.5. The minimum Gasteiger partial charge on any atom is -0.344 e. The Morgan fingerprint density at radius 1 is 1.11 bits per heavy atom. The molecule has 4 rings (SSSR count). The fraction of sp³-hybridized carbons (Fsp3) is 0.379. The fourth-order valence-corrected chi connectivity index (χ4v) is 6.31. The number of alkyl halides is 1. The molecule has 0 aromatic heterocycles. The molecule has 0 saturated carbocycles. The van der Waals surface area contributed by atoms with Gasteiger partial charge >= 0.3 is 0 Å². The van der Waals surface area contributed by atoms with E-state index in [4.69, 9.17) is 0 Å². The van der Waals surface area contributed by atoms with Crippen LogP contribution in [0.25, 0.3) is 0 Å². The Morgan fingerprint density at radius 3 is 2.50 bits per heavy atom. The number of anilines is 2. The summed E-state index contributed by atoms with van der Waals surface area (Å²) >= 11 is 2.06. The van der Waals surface area contributed by atoms with E-state index in [1.54, 1.807) is 0 Å². The normalized spacial score (nSPS) is 18.8. The predicted molar refractivity (Wildman–Crippen MR) is 163 cm³/mol. The van der Waals surface area contributed by atoms with Crippen LogP contribution in [-0.2, 0) is 25.7 Å². The Bertz CT molecular complexity index is 1470. The number of carbonyl (C=O) groups is 1. The molecular formula is C29H35IN3O4S+. The molecule has 0 spiro atoms. The van der Waals surface area contributed by atoms with Gasteiger partial charge in [0.15, 0.2) is 5.71 Å². The molecule has 202 valence electrons. The van der Waals surface area contributed by atoms with Crippen molar-refractivity contribution in [2.45, 2.75) is 44.9 Å². The fourth-order valence-electron chi connectivity index (χ4n) is 5.63. The number of hydrogen-bond acceptors (Lipinski definition) is 4. The molecule has 0 radical (unpaired) electrons. The molecule has 0 aliphatic carbocycles. The number of nitrogens with zero attached hydrogens (tertiary/aromatic N) is 2. The van der Waals surface area contributed by atoms with E-state index in [1.807, 2.05) is 24.3 Å². The number of para-hydroxylation sites is 1. The summed E-state index contributed by atoms with van der Waals surface area (Å²) in [6.45, 7) is 9.20. The van der Waals surface area contributed by atoms with Gasteiger partial charge in [-0.3, -0.25) is 9.35 Å². The van der Waals surface area contributed by atoms with Crippen LogP contribution in [-0.4, -0.2) is 52.9 Å². The monoisotopic (exact) mass is 648 g/mol. The van der Waals surface area contributed by atoms with Crippen molar-refractivity contribution in [3.63, 3.8) is 0 Å². The minimum atomic E-state index is -4.02. The van der Waals surface area contributed by atoms with Crippen molar-refractivity contribution in [2.75, 3.05) is 34.0 Å². The molecule has 2 N–H and O–H groups in total. The summed E-state index contributed by atoms with van der Waals surface area (Å²) in [6.07, 6.45) is 6.63. The highest BCUT2D eigenvalue weighted by Crippen LogP contribution is 2.47. The van der Waals surface area contributed by atoms with Crippen LogP contribution in [0, 0.1) is 0 Å². The number of allylic oxidation sites excluding steroid dienone is 4. The molecular weight excluding hydrogens is 613 g/mol. The molecule has 2 aromatic carbocycles. The van der Waals surface area contributed by atoms with Crippen LogP contribution in [0.4, 0.5) is 17.1 Å². The zero-order valence-corrected chi connectivity index (χ0v) is 25.4. The summed E-state index contributed by atoms with van der Waals surface area (Å²) in [5.74, 6) is -0.295. The molecule has 0 bridgehead atoms. The Kier molecular flexibility index (Phi) is 7.94. The third-order valence-electron chi connectivity index (χ3n) is 7.53. The Morgan fingerprint density at radius 2 is 1.82 bits per heavy atom. The van der Waals surface area contributed by atoms with Gasteiger partial charge < -0.3 is 10.2 Å². The van der Waals surface area contributed by atoms with E-state index in [-0.39, 0.29) is 22.5 Å². The molecule has 0 saturated heterocycles. The molecule has 0 atom stereocenters. The summed E-state index contributed by atoms with van der Waals surface area (Å²) in [4.78, 5) is 14.1. The van der Waals surface area contributed by atoms with Crippen LogP contribution in [0.3, 0.4) is 0 Å². The van der Waals surface area contributed by atoms with Crippen LogP contribution < -0.4 is 10.2 Å². The van der Waals surface area contributed by atoms with E-state index in [9.17, 15) is 17.8 Å². The van der Waals surface area contributed by atoms with Crippen molar-refractivity contribution >= 4 is 61.4 Å².